The Morgan fingerprint density at radius 3 is 2.18 bits per heavy atom. The van der Waals surface area contributed by atoms with Gasteiger partial charge in [0.05, 0.1) is 16.9 Å². The van der Waals surface area contributed by atoms with Crippen LogP contribution in [0, 0.1) is 0 Å². The number of benzene rings is 3. The van der Waals surface area contributed by atoms with Gasteiger partial charge in [0.2, 0.25) is 0 Å². The lowest BCUT2D eigenvalue weighted by Gasteiger charge is -2.19. The minimum Gasteiger partial charge on any atom is -0.397 e. The molecule has 0 fully saturated rings. The number of carbonyl (C=O) groups is 1. The predicted octanol–water partition coefficient (Wildman–Crippen LogP) is 8.78. The van der Waals surface area contributed by atoms with Gasteiger partial charge in [-0.05, 0) is 46.4 Å². The van der Waals surface area contributed by atoms with Crippen molar-refractivity contribution in [3.63, 3.8) is 0 Å². The molecule has 5 aromatic rings. The van der Waals surface area contributed by atoms with E-state index in [1.807, 2.05) is 48.5 Å². The number of amides is 1. The number of nitrogens with one attached hydrogen (secondary N) is 1. The number of hydrogen-bond acceptors (Lipinski definition) is 4. The normalized spacial score (nSPS) is 12.1. The number of fused-ring (bicyclic) bond motifs is 1. The van der Waals surface area contributed by atoms with Crippen molar-refractivity contribution in [2.45, 2.75) is 32.4 Å². The van der Waals surface area contributed by atoms with Gasteiger partial charge in [-0.3, -0.25) is 4.79 Å². The topological polar surface area (TPSA) is 68.0 Å². The van der Waals surface area contributed by atoms with Crippen LogP contribution in [0.4, 0.5) is 24.5 Å². The molecule has 0 atom stereocenters. The van der Waals surface area contributed by atoms with Crippen molar-refractivity contribution in [2.75, 3.05) is 11.1 Å². The highest BCUT2D eigenvalue weighted by Crippen LogP contribution is 2.42. The molecule has 39 heavy (non-hydrogen) atoms. The molecule has 0 bridgehead atoms. The van der Waals surface area contributed by atoms with E-state index in [0.717, 1.165) is 45.9 Å². The van der Waals surface area contributed by atoms with Crippen molar-refractivity contribution >= 4 is 38.8 Å². The van der Waals surface area contributed by atoms with Crippen LogP contribution in [0.3, 0.4) is 0 Å². The van der Waals surface area contributed by atoms with Crippen LogP contribution in [-0.2, 0) is 11.6 Å². The summed E-state index contributed by atoms with van der Waals surface area (Å²) in [6, 6.07) is 24.4. The molecule has 8 heteroatoms. The van der Waals surface area contributed by atoms with Crippen LogP contribution < -0.4 is 11.1 Å². The first kappa shape index (κ1) is 26.4. The van der Waals surface area contributed by atoms with E-state index >= 15 is 0 Å². The van der Waals surface area contributed by atoms with Crippen molar-refractivity contribution in [1.82, 2.24) is 4.98 Å². The Morgan fingerprint density at radius 2 is 1.54 bits per heavy atom. The molecule has 0 saturated carbocycles. The number of anilines is 2. The molecule has 0 aliphatic carbocycles. The Morgan fingerprint density at radius 1 is 0.846 bits per heavy atom. The summed E-state index contributed by atoms with van der Waals surface area (Å²) in [5, 5.41) is 3.20. The second kappa shape index (κ2) is 9.85. The van der Waals surface area contributed by atoms with Gasteiger partial charge in [-0.15, -0.1) is 11.3 Å². The van der Waals surface area contributed by atoms with E-state index in [0.29, 0.717) is 10.2 Å². The summed E-state index contributed by atoms with van der Waals surface area (Å²) in [6.07, 6.45) is -4.52. The van der Waals surface area contributed by atoms with Crippen molar-refractivity contribution in [3.05, 3.63) is 101 Å². The van der Waals surface area contributed by atoms with E-state index in [9.17, 15) is 18.0 Å². The van der Waals surface area contributed by atoms with E-state index in [-0.39, 0.29) is 21.7 Å². The zero-order valence-corrected chi connectivity index (χ0v) is 22.4. The van der Waals surface area contributed by atoms with Gasteiger partial charge in [0.15, 0.2) is 0 Å². The molecule has 0 aliphatic rings. The number of alkyl halides is 3. The Kier molecular flexibility index (Phi) is 6.68. The molecule has 4 nitrogen and oxygen atoms in total. The maximum Gasteiger partial charge on any atom is 0.416 e. The molecule has 0 aliphatic heterocycles. The van der Waals surface area contributed by atoms with Crippen molar-refractivity contribution < 1.29 is 18.0 Å². The van der Waals surface area contributed by atoms with Gasteiger partial charge >= 0.3 is 6.18 Å². The zero-order chi connectivity index (χ0) is 27.9. The summed E-state index contributed by atoms with van der Waals surface area (Å²) >= 11 is 1.12. The van der Waals surface area contributed by atoms with Crippen molar-refractivity contribution in [1.29, 1.82) is 0 Å². The smallest absolute Gasteiger partial charge is 0.397 e. The molecular weight excluding hydrogens is 519 g/mol. The number of rotatable bonds is 4. The maximum atomic E-state index is 13.2. The summed E-state index contributed by atoms with van der Waals surface area (Å²) in [5.74, 6) is -0.592. The number of nitrogens with two attached hydrogens (primary N) is 1. The predicted molar refractivity (Wildman–Crippen MR) is 153 cm³/mol. The number of nitrogen functional groups attached to an aromatic ring is 1. The van der Waals surface area contributed by atoms with E-state index < -0.39 is 17.6 Å². The van der Waals surface area contributed by atoms with Gasteiger partial charge in [-0.25, -0.2) is 4.98 Å². The summed E-state index contributed by atoms with van der Waals surface area (Å²) in [7, 11) is 0. The SMILES string of the molecule is CC(C)(C)c1ccc(-c2cc(-c3ccccc3)nc3sc(C(=O)Nc4cccc(C(F)(F)F)c4)c(N)c23)cc1. The van der Waals surface area contributed by atoms with Gasteiger partial charge in [0.1, 0.15) is 9.71 Å². The molecule has 0 saturated heterocycles. The lowest BCUT2D eigenvalue weighted by molar-refractivity contribution is -0.137. The molecule has 0 unspecified atom stereocenters. The highest BCUT2D eigenvalue weighted by Gasteiger charge is 2.31. The first-order chi connectivity index (χ1) is 18.4. The summed E-state index contributed by atoms with van der Waals surface area (Å²) in [4.78, 5) is 18.8. The van der Waals surface area contributed by atoms with Crippen molar-refractivity contribution in [2.24, 2.45) is 0 Å². The number of carbonyl (C=O) groups excluding carboxylic acids is 1. The molecule has 5 rings (SSSR count). The highest BCUT2D eigenvalue weighted by atomic mass is 32.1. The molecule has 3 N–H and O–H groups in total. The minimum absolute atomic E-state index is 0.0165. The van der Waals surface area contributed by atoms with Gasteiger partial charge in [0.25, 0.3) is 5.91 Å². The molecule has 1 amide bonds. The van der Waals surface area contributed by atoms with E-state index in [1.54, 1.807) is 0 Å². The van der Waals surface area contributed by atoms with Crippen LogP contribution in [0.1, 0.15) is 41.6 Å². The Hall–Kier alpha value is -4.17. The lowest BCUT2D eigenvalue weighted by atomic mass is 9.86. The fourth-order valence-electron chi connectivity index (χ4n) is 4.39. The Bertz CT molecular complexity index is 1670. The fraction of sp³-hybridized carbons (Fsp3) is 0.161. The number of pyridine rings is 1. The first-order valence-electron chi connectivity index (χ1n) is 12.3. The largest absolute Gasteiger partial charge is 0.416 e. The molecule has 2 heterocycles. The molecule has 198 valence electrons. The number of halogens is 3. The van der Waals surface area contributed by atoms with Crippen LogP contribution in [0.15, 0.2) is 84.9 Å². The van der Waals surface area contributed by atoms with Gasteiger partial charge in [0, 0.05) is 16.6 Å². The number of nitrogens with zero attached hydrogens (tertiary/aromatic N) is 1. The van der Waals surface area contributed by atoms with E-state index in [1.165, 1.54) is 17.7 Å². The summed E-state index contributed by atoms with van der Waals surface area (Å²) in [5.41, 5.74) is 10.5. The standard InChI is InChI=1S/C31H26F3N3OS/c1-30(2,3)20-14-12-18(13-15-20)23-17-24(19-8-5-4-6-9-19)37-29-25(23)26(35)27(39-29)28(38)36-22-11-7-10-21(16-22)31(32,33)34/h4-17H,35H2,1-3H3,(H,36,38). The van der Waals surface area contributed by atoms with Crippen molar-refractivity contribution in [3.8, 4) is 22.4 Å². The Balaban J connectivity index is 1.62. The first-order valence-corrected chi connectivity index (χ1v) is 13.1. The third-order valence-corrected chi connectivity index (χ3v) is 7.58. The number of aromatic nitrogens is 1. The second-order valence-electron chi connectivity index (χ2n) is 10.3. The average molecular weight is 546 g/mol. The molecule has 2 aromatic heterocycles. The third-order valence-electron chi connectivity index (χ3n) is 6.48. The van der Waals surface area contributed by atoms with Crippen LogP contribution >= 0.6 is 11.3 Å². The summed E-state index contributed by atoms with van der Waals surface area (Å²) in [6.45, 7) is 6.44. The van der Waals surface area contributed by atoms with Crippen LogP contribution in [0.5, 0.6) is 0 Å². The maximum absolute atomic E-state index is 13.2. The number of hydrogen-bond donors (Lipinski definition) is 2. The van der Waals surface area contributed by atoms with Crippen LogP contribution in [0.25, 0.3) is 32.6 Å². The summed E-state index contributed by atoms with van der Waals surface area (Å²) < 4.78 is 39.5. The molecule has 3 aromatic carbocycles. The van der Waals surface area contributed by atoms with E-state index in [4.69, 9.17) is 10.7 Å². The van der Waals surface area contributed by atoms with Crippen LogP contribution in [0.2, 0.25) is 0 Å². The second-order valence-corrected chi connectivity index (χ2v) is 11.3. The van der Waals surface area contributed by atoms with Gasteiger partial charge in [-0.2, -0.15) is 13.2 Å². The minimum atomic E-state index is -4.52. The average Bonchev–Trinajstić information content (AvgIpc) is 3.24. The monoisotopic (exact) mass is 545 g/mol. The highest BCUT2D eigenvalue weighted by molar-refractivity contribution is 7.21. The third kappa shape index (κ3) is 5.38. The fourth-order valence-corrected chi connectivity index (χ4v) is 5.40. The zero-order valence-electron chi connectivity index (χ0n) is 21.6. The van der Waals surface area contributed by atoms with E-state index in [2.05, 4.69) is 38.2 Å². The molecular formula is C31H26F3N3OS. The lowest BCUT2D eigenvalue weighted by Crippen LogP contribution is -2.13. The van der Waals surface area contributed by atoms with Gasteiger partial charge in [-0.1, -0.05) is 81.4 Å². The molecule has 0 spiro atoms. The van der Waals surface area contributed by atoms with Gasteiger partial charge < -0.3 is 11.1 Å². The quantitative estimate of drug-likeness (QED) is 0.237. The van der Waals surface area contributed by atoms with Crippen LogP contribution in [-0.4, -0.2) is 10.9 Å². The Labute approximate surface area is 228 Å². The molecule has 0 radical (unpaired) electrons. The number of thiophene rings is 1.